The molecule has 3 heteroatoms. The number of para-hydroxylation sites is 1. The summed E-state index contributed by atoms with van der Waals surface area (Å²) in [6, 6.07) is 18.7. The van der Waals surface area contributed by atoms with Crippen molar-refractivity contribution in [3.63, 3.8) is 0 Å². The lowest BCUT2D eigenvalue weighted by molar-refractivity contribution is 0.609. The third-order valence-corrected chi connectivity index (χ3v) is 3.74. The van der Waals surface area contributed by atoms with Gasteiger partial charge in [0.2, 0.25) is 0 Å². The summed E-state index contributed by atoms with van der Waals surface area (Å²) in [6.45, 7) is 2.73. The molecule has 0 fully saturated rings. The summed E-state index contributed by atoms with van der Waals surface area (Å²) in [5, 5.41) is 5.41. The van der Waals surface area contributed by atoms with Crippen molar-refractivity contribution in [2.45, 2.75) is 13.1 Å². The second kappa shape index (κ2) is 6.12. The molecule has 0 unspecified atom stereocenters. The van der Waals surface area contributed by atoms with E-state index in [0.717, 1.165) is 30.0 Å². The normalized spacial score (nSPS) is 11.1. The predicted octanol–water partition coefficient (Wildman–Crippen LogP) is 4.08. The minimum absolute atomic E-state index is 0.823. The van der Waals surface area contributed by atoms with Crippen LogP contribution in [-0.2, 0) is 13.1 Å². The molecule has 0 saturated heterocycles. The highest BCUT2D eigenvalue weighted by molar-refractivity contribution is 6.35. The topological polar surface area (TPSA) is 17.0 Å². The molecule has 0 amide bonds. The van der Waals surface area contributed by atoms with Crippen molar-refractivity contribution in [3.8, 4) is 0 Å². The van der Waals surface area contributed by atoms with Gasteiger partial charge in [-0.3, -0.25) is 0 Å². The fourth-order valence-electron chi connectivity index (χ4n) is 2.42. The van der Waals surface area contributed by atoms with Crippen LogP contribution in [0.1, 0.15) is 5.56 Å². The van der Waals surface area contributed by atoms with E-state index in [0.29, 0.717) is 0 Å². The molecular formula is C17H17ClN2. The summed E-state index contributed by atoms with van der Waals surface area (Å²) in [4.78, 5) is 0. The average Bonchev–Trinajstić information content (AvgIpc) is 2.82. The van der Waals surface area contributed by atoms with E-state index in [9.17, 15) is 0 Å². The Morgan fingerprint density at radius 3 is 2.55 bits per heavy atom. The number of halogens is 1. The molecule has 1 aromatic heterocycles. The van der Waals surface area contributed by atoms with Crippen LogP contribution >= 0.6 is 11.6 Å². The second-order valence-electron chi connectivity index (χ2n) is 4.85. The van der Waals surface area contributed by atoms with Crippen LogP contribution in [0, 0.1) is 0 Å². The molecule has 0 atom stereocenters. The van der Waals surface area contributed by atoms with E-state index < -0.39 is 0 Å². The van der Waals surface area contributed by atoms with E-state index in [1.165, 1.54) is 11.1 Å². The molecule has 20 heavy (non-hydrogen) atoms. The van der Waals surface area contributed by atoms with E-state index >= 15 is 0 Å². The van der Waals surface area contributed by atoms with E-state index in [4.69, 9.17) is 11.6 Å². The van der Waals surface area contributed by atoms with Gasteiger partial charge in [0.15, 0.2) is 0 Å². The van der Waals surface area contributed by atoms with Crippen LogP contribution in [0.3, 0.4) is 0 Å². The molecular weight excluding hydrogens is 268 g/mol. The number of benzene rings is 2. The Balaban J connectivity index is 1.60. The first kappa shape index (κ1) is 13.2. The first-order chi connectivity index (χ1) is 9.84. The van der Waals surface area contributed by atoms with Crippen LogP contribution in [0.25, 0.3) is 10.9 Å². The standard InChI is InChI=1S/C17H17ClN2/c18-16-13-20(17-9-5-4-8-15(16)17)11-10-19-12-14-6-2-1-3-7-14/h1-9,13,19H,10-12H2. The van der Waals surface area contributed by atoms with Gasteiger partial charge in [-0.25, -0.2) is 0 Å². The van der Waals surface area contributed by atoms with Gasteiger partial charge in [-0.05, 0) is 11.6 Å². The number of hydrogen-bond acceptors (Lipinski definition) is 1. The van der Waals surface area contributed by atoms with Gasteiger partial charge in [-0.2, -0.15) is 0 Å². The second-order valence-corrected chi connectivity index (χ2v) is 5.26. The summed E-state index contributed by atoms with van der Waals surface area (Å²) in [5.74, 6) is 0. The van der Waals surface area contributed by atoms with E-state index in [1.54, 1.807) is 0 Å². The van der Waals surface area contributed by atoms with E-state index in [2.05, 4.69) is 46.3 Å². The smallest absolute Gasteiger partial charge is 0.0661 e. The Hall–Kier alpha value is -1.77. The van der Waals surface area contributed by atoms with Crippen LogP contribution in [0.5, 0.6) is 0 Å². The van der Waals surface area contributed by atoms with Gasteiger partial charge in [0.05, 0.1) is 5.02 Å². The Labute approximate surface area is 124 Å². The van der Waals surface area contributed by atoms with Gasteiger partial charge in [0.1, 0.15) is 0 Å². The first-order valence-electron chi connectivity index (χ1n) is 6.82. The third kappa shape index (κ3) is 2.87. The number of nitrogens with one attached hydrogen (secondary N) is 1. The monoisotopic (exact) mass is 284 g/mol. The molecule has 1 heterocycles. The lowest BCUT2D eigenvalue weighted by atomic mass is 10.2. The molecule has 0 aliphatic heterocycles. The molecule has 0 spiro atoms. The highest BCUT2D eigenvalue weighted by Crippen LogP contribution is 2.25. The molecule has 102 valence electrons. The first-order valence-corrected chi connectivity index (χ1v) is 7.20. The molecule has 0 bridgehead atoms. The molecule has 0 aliphatic carbocycles. The number of nitrogens with zero attached hydrogens (tertiary/aromatic N) is 1. The van der Waals surface area contributed by atoms with Gasteiger partial charge in [-0.1, -0.05) is 60.1 Å². The summed E-state index contributed by atoms with van der Waals surface area (Å²) < 4.78 is 2.20. The molecule has 2 aromatic carbocycles. The van der Waals surface area contributed by atoms with Crippen molar-refractivity contribution in [1.82, 2.24) is 9.88 Å². The summed E-state index contributed by atoms with van der Waals surface area (Å²) in [7, 11) is 0. The molecule has 0 aliphatic rings. The third-order valence-electron chi connectivity index (χ3n) is 3.44. The van der Waals surface area contributed by atoms with Gasteiger partial charge in [0, 0.05) is 36.7 Å². The Bertz CT molecular complexity index is 689. The number of fused-ring (bicyclic) bond motifs is 1. The van der Waals surface area contributed by atoms with Crippen molar-refractivity contribution in [3.05, 3.63) is 71.4 Å². The van der Waals surface area contributed by atoms with Gasteiger partial charge in [-0.15, -0.1) is 0 Å². The largest absolute Gasteiger partial charge is 0.345 e. The number of rotatable bonds is 5. The zero-order valence-corrected chi connectivity index (χ0v) is 12.0. The molecule has 3 rings (SSSR count). The zero-order chi connectivity index (χ0) is 13.8. The Morgan fingerprint density at radius 2 is 1.70 bits per heavy atom. The summed E-state index contributed by atoms with van der Waals surface area (Å²) in [6.07, 6.45) is 2.01. The van der Waals surface area contributed by atoms with Gasteiger partial charge in [0.25, 0.3) is 0 Å². The van der Waals surface area contributed by atoms with Crippen LogP contribution in [-0.4, -0.2) is 11.1 Å². The summed E-state index contributed by atoms with van der Waals surface area (Å²) in [5.41, 5.74) is 2.50. The Kier molecular flexibility index (Phi) is 4.05. The van der Waals surface area contributed by atoms with Crippen LogP contribution in [0.2, 0.25) is 5.02 Å². The van der Waals surface area contributed by atoms with Crippen molar-refractivity contribution < 1.29 is 0 Å². The van der Waals surface area contributed by atoms with Crippen LogP contribution in [0.4, 0.5) is 0 Å². The van der Waals surface area contributed by atoms with Crippen LogP contribution < -0.4 is 5.32 Å². The van der Waals surface area contributed by atoms with Crippen molar-refractivity contribution >= 4 is 22.5 Å². The lowest BCUT2D eigenvalue weighted by Crippen LogP contribution is -2.19. The van der Waals surface area contributed by atoms with E-state index in [1.807, 2.05) is 24.4 Å². The fraction of sp³-hybridized carbons (Fsp3) is 0.176. The minimum Gasteiger partial charge on any atom is -0.345 e. The summed E-state index contributed by atoms with van der Waals surface area (Å²) >= 11 is 6.25. The SMILES string of the molecule is Clc1cn(CCNCc2ccccc2)c2ccccc12. The maximum Gasteiger partial charge on any atom is 0.0661 e. The van der Waals surface area contributed by atoms with Crippen molar-refractivity contribution in [2.24, 2.45) is 0 Å². The zero-order valence-electron chi connectivity index (χ0n) is 11.2. The highest BCUT2D eigenvalue weighted by atomic mass is 35.5. The van der Waals surface area contributed by atoms with Gasteiger partial charge < -0.3 is 9.88 Å². The number of hydrogen-bond donors (Lipinski definition) is 1. The van der Waals surface area contributed by atoms with Gasteiger partial charge >= 0.3 is 0 Å². The highest BCUT2D eigenvalue weighted by Gasteiger charge is 2.05. The molecule has 3 aromatic rings. The van der Waals surface area contributed by atoms with Crippen molar-refractivity contribution in [2.75, 3.05) is 6.54 Å². The maximum atomic E-state index is 6.25. The maximum absolute atomic E-state index is 6.25. The molecule has 1 N–H and O–H groups in total. The van der Waals surface area contributed by atoms with Crippen molar-refractivity contribution in [1.29, 1.82) is 0 Å². The Morgan fingerprint density at radius 1 is 0.950 bits per heavy atom. The molecule has 2 nitrogen and oxygen atoms in total. The molecule has 0 saturated carbocycles. The van der Waals surface area contributed by atoms with E-state index in [-0.39, 0.29) is 0 Å². The van der Waals surface area contributed by atoms with Crippen LogP contribution in [0.15, 0.2) is 60.8 Å². The molecule has 0 radical (unpaired) electrons. The quantitative estimate of drug-likeness (QED) is 0.699. The minimum atomic E-state index is 0.823. The number of aromatic nitrogens is 1. The average molecular weight is 285 g/mol. The fourth-order valence-corrected chi connectivity index (χ4v) is 2.69. The predicted molar refractivity (Wildman–Crippen MR) is 85.1 cm³/mol. The lowest BCUT2D eigenvalue weighted by Gasteiger charge is -2.07.